The zero-order valence-corrected chi connectivity index (χ0v) is 9.77. The first kappa shape index (κ1) is 12.9. The Balaban J connectivity index is 2.06. The van der Waals surface area contributed by atoms with Crippen LogP contribution in [0.2, 0.25) is 0 Å². The predicted octanol–water partition coefficient (Wildman–Crippen LogP) is 2.07. The van der Waals surface area contributed by atoms with Crippen molar-refractivity contribution in [2.24, 2.45) is 0 Å². The molecule has 98 valence electrons. The molecule has 1 aliphatic heterocycles. The summed E-state index contributed by atoms with van der Waals surface area (Å²) in [7, 11) is 0. The van der Waals surface area contributed by atoms with Crippen molar-refractivity contribution in [3.63, 3.8) is 0 Å². The molecule has 0 saturated carbocycles. The topological polar surface area (TPSA) is 41.1 Å². The summed E-state index contributed by atoms with van der Waals surface area (Å²) in [5, 5.41) is 4.74. The van der Waals surface area contributed by atoms with E-state index in [-0.39, 0.29) is 5.69 Å². The van der Waals surface area contributed by atoms with E-state index in [1.54, 1.807) is 13.0 Å². The number of benzene rings is 1. The van der Waals surface area contributed by atoms with Crippen LogP contribution < -0.4 is 10.6 Å². The highest BCUT2D eigenvalue weighted by Crippen LogP contribution is 2.26. The minimum absolute atomic E-state index is 0.0111. The molecule has 3 nitrogen and oxygen atoms in total. The van der Waals surface area contributed by atoms with Gasteiger partial charge in [0.15, 0.2) is 0 Å². The molecule has 1 saturated heterocycles. The van der Waals surface area contributed by atoms with E-state index in [4.69, 9.17) is 0 Å². The Labute approximate surface area is 102 Å². The Morgan fingerprint density at radius 2 is 2.22 bits per heavy atom. The molecule has 1 unspecified atom stereocenters. The molecule has 1 aromatic carbocycles. The first-order valence-corrected chi connectivity index (χ1v) is 5.56. The van der Waals surface area contributed by atoms with Crippen molar-refractivity contribution in [2.45, 2.75) is 25.3 Å². The lowest BCUT2D eigenvalue weighted by atomic mass is 10.1. The first-order chi connectivity index (χ1) is 8.37. The lowest BCUT2D eigenvalue weighted by molar-refractivity contribution is -0.118. The van der Waals surface area contributed by atoms with Crippen LogP contribution in [0.5, 0.6) is 0 Å². The van der Waals surface area contributed by atoms with Crippen molar-refractivity contribution in [3.05, 3.63) is 29.6 Å². The number of nitrogens with one attached hydrogen (secondary N) is 2. The molecule has 18 heavy (non-hydrogen) atoms. The van der Waals surface area contributed by atoms with E-state index in [1.165, 1.54) is 12.1 Å². The summed E-state index contributed by atoms with van der Waals surface area (Å²) >= 11 is 0. The van der Waals surface area contributed by atoms with Crippen LogP contribution in [0.1, 0.15) is 12.0 Å². The van der Waals surface area contributed by atoms with Crippen LogP contribution >= 0.6 is 0 Å². The molecule has 1 aromatic rings. The van der Waals surface area contributed by atoms with Gasteiger partial charge >= 0.3 is 0 Å². The fourth-order valence-electron chi connectivity index (χ4n) is 1.86. The minimum Gasteiger partial charge on any atom is -0.322 e. The van der Waals surface area contributed by atoms with Crippen molar-refractivity contribution in [2.75, 3.05) is 11.9 Å². The van der Waals surface area contributed by atoms with Crippen LogP contribution in [-0.4, -0.2) is 24.4 Å². The van der Waals surface area contributed by atoms with Gasteiger partial charge in [0.05, 0.1) is 18.3 Å². The van der Waals surface area contributed by atoms with Crippen LogP contribution in [0.15, 0.2) is 18.2 Å². The summed E-state index contributed by atoms with van der Waals surface area (Å²) in [6.07, 6.45) is -0.563. The maximum absolute atomic E-state index is 13.4. The van der Waals surface area contributed by atoms with E-state index in [2.05, 4.69) is 10.6 Å². The van der Waals surface area contributed by atoms with Crippen LogP contribution in [0, 0.1) is 12.7 Å². The second-order valence-corrected chi connectivity index (χ2v) is 4.47. The number of aryl methyl sites for hydroxylation is 1. The number of carbonyl (C=O) groups is 1. The highest BCUT2D eigenvalue weighted by molar-refractivity contribution is 5.95. The molecule has 1 fully saturated rings. The maximum Gasteiger partial charge on any atom is 0.262 e. The van der Waals surface area contributed by atoms with Gasteiger partial charge in [-0.2, -0.15) is 0 Å². The number of halogens is 3. The van der Waals surface area contributed by atoms with Crippen molar-refractivity contribution in [3.8, 4) is 0 Å². The van der Waals surface area contributed by atoms with Gasteiger partial charge in [-0.25, -0.2) is 13.2 Å². The first-order valence-electron chi connectivity index (χ1n) is 5.56. The number of hydrogen-bond acceptors (Lipinski definition) is 2. The molecule has 1 heterocycles. The van der Waals surface area contributed by atoms with E-state index in [0.717, 1.165) is 5.56 Å². The number of carbonyl (C=O) groups excluding carboxylic acids is 1. The highest BCUT2D eigenvalue weighted by Gasteiger charge is 2.42. The lowest BCUT2D eigenvalue weighted by Gasteiger charge is -2.12. The third kappa shape index (κ3) is 2.81. The maximum atomic E-state index is 13.4. The van der Waals surface area contributed by atoms with Crippen LogP contribution in [-0.2, 0) is 4.79 Å². The molecule has 2 N–H and O–H groups in total. The predicted molar refractivity (Wildman–Crippen MR) is 61.1 cm³/mol. The van der Waals surface area contributed by atoms with Gasteiger partial charge in [-0.15, -0.1) is 0 Å². The Bertz CT molecular complexity index is 476. The number of hydrogen-bond donors (Lipinski definition) is 2. The monoisotopic (exact) mass is 258 g/mol. The van der Waals surface area contributed by atoms with Gasteiger partial charge in [0.1, 0.15) is 5.82 Å². The van der Waals surface area contributed by atoms with Crippen molar-refractivity contribution < 1.29 is 18.0 Å². The van der Waals surface area contributed by atoms with Gasteiger partial charge in [-0.05, 0) is 24.6 Å². The Hall–Kier alpha value is -1.56. The van der Waals surface area contributed by atoms with Crippen LogP contribution in [0.3, 0.4) is 0 Å². The normalized spacial score (nSPS) is 21.9. The second-order valence-electron chi connectivity index (χ2n) is 4.47. The minimum atomic E-state index is -2.88. The third-order valence-corrected chi connectivity index (χ3v) is 2.81. The quantitative estimate of drug-likeness (QED) is 0.852. The zero-order valence-electron chi connectivity index (χ0n) is 9.77. The third-order valence-electron chi connectivity index (χ3n) is 2.81. The molecule has 0 spiro atoms. The number of alkyl halides is 2. The van der Waals surface area contributed by atoms with Crippen molar-refractivity contribution in [1.82, 2.24) is 5.32 Å². The summed E-state index contributed by atoms with van der Waals surface area (Å²) in [5.74, 6) is -4.11. The molecule has 1 aliphatic rings. The Kier molecular flexibility index (Phi) is 3.30. The van der Waals surface area contributed by atoms with Crippen LogP contribution in [0.25, 0.3) is 0 Å². The summed E-state index contributed by atoms with van der Waals surface area (Å²) in [4.78, 5) is 11.7. The highest BCUT2D eigenvalue weighted by atomic mass is 19.3. The number of anilines is 1. The standard InChI is InChI=1S/C12H13F3N2O/c1-7-2-3-8(13)9(4-7)17-11(18)10-5-12(14,15)6-16-10/h2-4,10,16H,5-6H2,1H3,(H,17,18). The Morgan fingerprint density at radius 3 is 2.83 bits per heavy atom. The largest absolute Gasteiger partial charge is 0.322 e. The summed E-state index contributed by atoms with van der Waals surface area (Å²) in [6.45, 7) is 1.22. The van der Waals surface area contributed by atoms with Gasteiger partial charge in [0.25, 0.3) is 5.92 Å². The van der Waals surface area contributed by atoms with Gasteiger partial charge in [0.2, 0.25) is 5.91 Å². The molecule has 2 rings (SSSR count). The van der Waals surface area contributed by atoms with E-state index in [1.807, 2.05) is 0 Å². The average molecular weight is 258 g/mol. The van der Waals surface area contributed by atoms with E-state index in [9.17, 15) is 18.0 Å². The fourth-order valence-corrected chi connectivity index (χ4v) is 1.86. The molecule has 0 radical (unpaired) electrons. The molecule has 0 aliphatic carbocycles. The van der Waals surface area contributed by atoms with Gasteiger partial charge < -0.3 is 5.32 Å². The number of rotatable bonds is 2. The second kappa shape index (κ2) is 4.61. The van der Waals surface area contributed by atoms with E-state index in [0.29, 0.717) is 0 Å². The average Bonchev–Trinajstić information content (AvgIpc) is 2.64. The van der Waals surface area contributed by atoms with E-state index < -0.39 is 36.7 Å². The van der Waals surface area contributed by atoms with Gasteiger partial charge in [-0.1, -0.05) is 6.07 Å². The molecule has 1 amide bonds. The lowest BCUT2D eigenvalue weighted by Crippen LogP contribution is -2.35. The molecule has 6 heteroatoms. The van der Waals surface area contributed by atoms with Gasteiger partial charge in [0, 0.05) is 6.42 Å². The summed E-state index contributed by atoms with van der Waals surface area (Å²) in [5.41, 5.74) is 0.786. The molecule has 0 aromatic heterocycles. The fraction of sp³-hybridized carbons (Fsp3) is 0.417. The van der Waals surface area contributed by atoms with Gasteiger partial charge in [-0.3, -0.25) is 10.1 Å². The van der Waals surface area contributed by atoms with Crippen molar-refractivity contribution in [1.29, 1.82) is 0 Å². The summed E-state index contributed by atoms with van der Waals surface area (Å²) < 4.78 is 39.2. The van der Waals surface area contributed by atoms with Crippen LogP contribution in [0.4, 0.5) is 18.9 Å². The summed E-state index contributed by atoms with van der Waals surface area (Å²) in [6, 6.07) is 3.26. The van der Waals surface area contributed by atoms with Crippen molar-refractivity contribution >= 4 is 11.6 Å². The Morgan fingerprint density at radius 1 is 1.50 bits per heavy atom. The smallest absolute Gasteiger partial charge is 0.262 e. The molecule has 1 atom stereocenters. The number of amides is 1. The zero-order chi connectivity index (χ0) is 13.3. The molecule has 0 bridgehead atoms. The molecular weight excluding hydrogens is 245 g/mol. The molecular formula is C12H13F3N2O. The van der Waals surface area contributed by atoms with E-state index >= 15 is 0 Å². The SMILES string of the molecule is Cc1ccc(F)c(NC(=O)C2CC(F)(F)CN2)c1.